The number of fused-ring (bicyclic) bond motifs is 1. The lowest BCUT2D eigenvalue weighted by molar-refractivity contribution is -0.281. The van der Waals surface area contributed by atoms with E-state index >= 15 is 0 Å². The van der Waals surface area contributed by atoms with Gasteiger partial charge >= 0.3 is 6.09 Å². The zero-order valence-electron chi connectivity index (χ0n) is 38.2. The third-order valence-corrected chi connectivity index (χ3v) is 13.3. The van der Waals surface area contributed by atoms with E-state index in [1.54, 1.807) is 4.90 Å². The molecule has 1 aromatic rings. The van der Waals surface area contributed by atoms with Crippen LogP contribution < -0.4 is 0 Å². The zero-order valence-corrected chi connectivity index (χ0v) is 38.2. The van der Waals surface area contributed by atoms with Crippen LogP contribution in [0.25, 0.3) is 0 Å². The Morgan fingerprint density at radius 2 is 1.03 bits per heavy atom. The highest BCUT2D eigenvalue weighted by Crippen LogP contribution is 2.61. The van der Waals surface area contributed by atoms with E-state index in [2.05, 4.69) is 62.5 Å². The number of rotatable bonds is 33. The molecule has 2 saturated carbocycles. The van der Waals surface area contributed by atoms with Gasteiger partial charge in [0.25, 0.3) is 0 Å². The topological polar surface area (TPSA) is 48.0 Å². The van der Waals surface area contributed by atoms with E-state index in [4.69, 9.17) is 14.2 Å². The smallest absolute Gasteiger partial charge is 0.410 e. The summed E-state index contributed by atoms with van der Waals surface area (Å²) in [5, 5.41) is 0. The maximum atomic E-state index is 12.9. The van der Waals surface area contributed by atoms with Crippen LogP contribution in [-0.4, -0.2) is 42.1 Å². The van der Waals surface area contributed by atoms with E-state index in [0.717, 1.165) is 44.1 Å². The molecule has 5 nitrogen and oxygen atoms in total. The lowest BCUT2D eigenvalue weighted by atomic mass is 9.59. The van der Waals surface area contributed by atoms with Crippen molar-refractivity contribution in [3.05, 3.63) is 84.5 Å². The molecular weight excluding hydrogens is 727 g/mol. The second-order valence-corrected chi connectivity index (χ2v) is 18.5. The summed E-state index contributed by atoms with van der Waals surface area (Å²) in [5.41, 5.74) is 1.37. The Hall–Kier alpha value is -2.63. The molecule has 1 saturated heterocycles. The van der Waals surface area contributed by atoms with Crippen LogP contribution in [0, 0.1) is 5.41 Å². The number of nitrogens with zero attached hydrogens (tertiary/aromatic N) is 1. The third kappa shape index (κ3) is 19.3. The van der Waals surface area contributed by atoms with E-state index in [1.165, 1.54) is 154 Å². The van der Waals surface area contributed by atoms with E-state index in [1.807, 2.05) is 37.4 Å². The molecule has 0 radical (unpaired) electrons. The zero-order chi connectivity index (χ0) is 41.7. The minimum absolute atomic E-state index is 0.0751. The predicted octanol–water partition coefficient (Wildman–Crippen LogP) is 16.1. The van der Waals surface area contributed by atoms with Gasteiger partial charge in [-0.15, -0.1) is 0 Å². The first-order valence-corrected chi connectivity index (χ1v) is 24.9. The fourth-order valence-electron chi connectivity index (χ4n) is 9.76. The predicted molar refractivity (Wildman–Crippen MR) is 250 cm³/mol. The summed E-state index contributed by atoms with van der Waals surface area (Å²) < 4.78 is 19.2. The molecule has 3 fully saturated rings. The van der Waals surface area contributed by atoms with Gasteiger partial charge in [0.1, 0.15) is 6.61 Å². The molecule has 0 aromatic heterocycles. The molecular formula is C54H87NO4. The molecule has 5 heteroatoms. The average Bonchev–Trinajstić information content (AvgIpc) is 3.79. The van der Waals surface area contributed by atoms with Crippen molar-refractivity contribution in [3.8, 4) is 0 Å². The highest BCUT2D eigenvalue weighted by atomic mass is 16.8. The summed E-state index contributed by atoms with van der Waals surface area (Å²) in [7, 11) is 1.86. The van der Waals surface area contributed by atoms with Crippen LogP contribution in [0.15, 0.2) is 78.9 Å². The Balaban J connectivity index is 1.12. The highest BCUT2D eigenvalue weighted by Gasteiger charge is 2.63. The lowest BCUT2D eigenvalue weighted by Gasteiger charge is -2.54. The number of allylic oxidation sites excluding steroid dienone is 8. The van der Waals surface area contributed by atoms with Gasteiger partial charge in [-0.3, -0.25) is 0 Å². The van der Waals surface area contributed by atoms with Gasteiger partial charge in [0.15, 0.2) is 5.79 Å². The van der Waals surface area contributed by atoms with Crippen LogP contribution in [0.1, 0.15) is 212 Å². The number of carbonyl (C=O) groups is 1. The van der Waals surface area contributed by atoms with Gasteiger partial charge in [-0.1, -0.05) is 183 Å². The molecule has 1 aliphatic heterocycles. The van der Waals surface area contributed by atoms with Crippen molar-refractivity contribution in [3.63, 3.8) is 0 Å². The average molecular weight is 814 g/mol. The highest BCUT2D eigenvalue weighted by molar-refractivity contribution is 5.67. The number of ether oxygens (including phenoxy) is 3. The molecule has 3 aliphatic rings. The molecule has 59 heavy (non-hydrogen) atoms. The van der Waals surface area contributed by atoms with E-state index < -0.39 is 5.79 Å². The first-order chi connectivity index (χ1) is 29.0. The second kappa shape index (κ2) is 29.6. The summed E-state index contributed by atoms with van der Waals surface area (Å²) >= 11 is 0. The van der Waals surface area contributed by atoms with Crippen LogP contribution in [-0.2, 0) is 20.8 Å². The first kappa shape index (κ1) is 49.0. The van der Waals surface area contributed by atoms with Crippen molar-refractivity contribution < 1.29 is 19.0 Å². The molecule has 0 bridgehead atoms. The summed E-state index contributed by atoms with van der Waals surface area (Å²) in [5.74, 6) is -0.399. The summed E-state index contributed by atoms with van der Waals surface area (Å²) in [6.07, 6.45) is 56.3. The van der Waals surface area contributed by atoms with Crippen molar-refractivity contribution in [2.75, 3.05) is 7.05 Å². The summed E-state index contributed by atoms with van der Waals surface area (Å²) in [6.45, 7) is 4.83. The largest absolute Gasteiger partial charge is 0.445 e. The van der Waals surface area contributed by atoms with Crippen LogP contribution in [0.2, 0.25) is 0 Å². The maximum absolute atomic E-state index is 12.9. The van der Waals surface area contributed by atoms with Gasteiger partial charge in [0.05, 0.1) is 12.2 Å². The molecule has 0 N–H and O–H groups in total. The van der Waals surface area contributed by atoms with E-state index in [-0.39, 0.29) is 24.3 Å². The van der Waals surface area contributed by atoms with Gasteiger partial charge < -0.3 is 19.1 Å². The quantitative estimate of drug-likeness (QED) is 0.0524. The summed E-state index contributed by atoms with van der Waals surface area (Å²) in [6, 6.07) is 9.99. The van der Waals surface area contributed by atoms with Gasteiger partial charge in [-0.25, -0.2) is 4.79 Å². The first-order valence-electron chi connectivity index (χ1n) is 24.9. The van der Waals surface area contributed by atoms with Crippen LogP contribution in [0.4, 0.5) is 4.79 Å². The fraction of sp³-hybridized carbons (Fsp3) is 0.722. The number of hydrogen-bond donors (Lipinski definition) is 0. The number of benzene rings is 1. The second-order valence-electron chi connectivity index (χ2n) is 18.5. The molecule has 1 spiro atoms. The molecule has 1 amide bonds. The van der Waals surface area contributed by atoms with Gasteiger partial charge in [0.2, 0.25) is 0 Å². The van der Waals surface area contributed by atoms with Crippen molar-refractivity contribution in [1.29, 1.82) is 0 Å². The molecule has 3 atom stereocenters. The van der Waals surface area contributed by atoms with Gasteiger partial charge in [-0.2, -0.15) is 0 Å². The third-order valence-electron chi connectivity index (χ3n) is 13.3. The molecule has 1 aromatic carbocycles. The van der Waals surface area contributed by atoms with Gasteiger partial charge in [0, 0.05) is 25.9 Å². The Morgan fingerprint density at radius 1 is 0.610 bits per heavy atom. The standard InChI is InChI=1S/C54H87NO4/c1-4-6-8-10-12-14-16-18-20-22-24-26-28-30-32-37-41-53(42-38-33-31-29-27-25-23-21-19-17-15-13-11-9-7-5-2)46-54(47-53)58-50-43-49(44-51(50)59-54)55(3)52(56)57-45-48-39-35-34-36-40-48/h12-15,18-21,34-36,39-40,49-51H,4-11,16-17,22-33,37-38,41-47H2,1-3H3/b14-12-,15-13-,20-18-,21-19-/t49-,50+,51-. The van der Waals surface area contributed by atoms with Gasteiger partial charge in [-0.05, 0) is 101 Å². The SMILES string of the molecule is CCCCC/C=C\C/C=C\CCCCCCCCC1(CCCCCCCC/C=C\C/C=C\CCCCC)CC2(C1)O[C@H]1C[C@@H](N(C)C(=O)OCc3ccccc3)C[C@H]1O2. The molecule has 332 valence electrons. The Bertz CT molecular complexity index is 1280. The minimum atomic E-state index is -0.399. The molecule has 2 aliphatic carbocycles. The van der Waals surface area contributed by atoms with Crippen molar-refractivity contribution in [2.45, 2.75) is 237 Å². The van der Waals surface area contributed by atoms with Crippen LogP contribution in [0.3, 0.4) is 0 Å². The number of unbranched alkanes of at least 4 members (excludes halogenated alkanes) is 18. The normalized spacial score (nSPS) is 20.8. The van der Waals surface area contributed by atoms with Crippen LogP contribution >= 0.6 is 0 Å². The number of carbonyl (C=O) groups excluding carboxylic acids is 1. The molecule has 4 rings (SSSR count). The number of amides is 1. The maximum Gasteiger partial charge on any atom is 0.410 e. The summed E-state index contributed by atoms with van der Waals surface area (Å²) in [4.78, 5) is 14.7. The lowest BCUT2D eigenvalue weighted by Crippen LogP contribution is -2.53. The van der Waals surface area contributed by atoms with Crippen molar-refractivity contribution in [1.82, 2.24) is 4.90 Å². The van der Waals surface area contributed by atoms with E-state index in [9.17, 15) is 4.79 Å². The minimum Gasteiger partial charge on any atom is -0.445 e. The van der Waals surface area contributed by atoms with Crippen LogP contribution in [0.5, 0.6) is 0 Å². The van der Waals surface area contributed by atoms with Crippen molar-refractivity contribution >= 4 is 6.09 Å². The fourth-order valence-corrected chi connectivity index (χ4v) is 9.76. The Morgan fingerprint density at radius 3 is 1.49 bits per heavy atom. The molecule has 1 heterocycles. The molecule has 0 unspecified atom stereocenters. The Labute approximate surface area is 362 Å². The monoisotopic (exact) mass is 814 g/mol. The van der Waals surface area contributed by atoms with E-state index in [0.29, 0.717) is 12.0 Å². The van der Waals surface area contributed by atoms with Crippen molar-refractivity contribution in [2.24, 2.45) is 5.41 Å². The Kier molecular flexibility index (Phi) is 24.6. The number of hydrogen-bond acceptors (Lipinski definition) is 4.